The molecule has 0 bridgehead atoms. The molecule has 15 heavy (non-hydrogen) atoms. The molecule has 0 amide bonds. The quantitative estimate of drug-likeness (QED) is 0.525. The van der Waals surface area contributed by atoms with E-state index < -0.39 is 0 Å². The highest BCUT2D eigenvalue weighted by Crippen LogP contribution is 2.38. The first-order valence-corrected chi connectivity index (χ1v) is 5.85. The van der Waals surface area contributed by atoms with Crippen LogP contribution in [-0.2, 0) is 9.53 Å². The highest BCUT2D eigenvalue weighted by atomic mass is 16.5. The van der Waals surface area contributed by atoms with Gasteiger partial charge in [0.1, 0.15) is 0 Å². The van der Waals surface area contributed by atoms with Crippen LogP contribution in [0.25, 0.3) is 0 Å². The zero-order valence-electron chi connectivity index (χ0n) is 9.92. The molecular formula is C13H22O2. The van der Waals surface area contributed by atoms with Crippen molar-refractivity contribution in [1.29, 1.82) is 0 Å². The van der Waals surface area contributed by atoms with Gasteiger partial charge in [0.05, 0.1) is 6.61 Å². The van der Waals surface area contributed by atoms with Crippen LogP contribution in [0.5, 0.6) is 0 Å². The second-order valence-corrected chi connectivity index (χ2v) is 5.14. The van der Waals surface area contributed by atoms with Crippen LogP contribution in [0.2, 0.25) is 0 Å². The second-order valence-electron chi connectivity index (χ2n) is 5.14. The summed E-state index contributed by atoms with van der Waals surface area (Å²) < 4.78 is 5.15. The van der Waals surface area contributed by atoms with E-state index in [0.717, 1.165) is 0 Å². The Kier molecular flexibility index (Phi) is 4.37. The summed E-state index contributed by atoms with van der Waals surface area (Å²) in [6, 6.07) is 0. The Morgan fingerprint density at radius 2 is 2.00 bits per heavy atom. The predicted octanol–water partition coefficient (Wildman–Crippen LogP) is 3.32. The van der Waals surface area contributed by atoms with Crippen molar-refractivity contribution in [3.8, 4) is 0 Å². The van der Waals surface area contributed by atoms with Crippen LogP contribution in [-0.4, -0.2) is 12.6 Å². The van der Waals surface area contributed by atoms with E-state index in [9.17, 15) is 4.79 Å². The van der Waals surface area contributed by atoms with Gasteiger partial charge < -0.3 is 4.74 Å². The molecule has 0 aromatic carbocycles. The minimum absolute atomic E-state index is 0.110. The van der Waals surface area contributed by atoms with E-state index in [1.807, 2.05) is 0 Å². The smallest absolute Gasteiger partial charge is 0.330 e. The lowest BCUT2D eigenvalue weighted by Gasteiger charge is -2.36. The van der Waals surface area contributed by atoms with Gasteiger partial charge in [-0.25, -0.2) is 4.79 Å². The van der Waals surface area contributed by atoms with Gasteiger partial charge in [0.2, 0.25) is 0 Å². The number of esters is 1. The molecule has 2 nitrogen and oxygen atoms in total. The molecule has 0 aromatic rings. The maximum atomic E-state index is 11.0. The fourth-order valence-electron chi connectivity index (χ4n) is 2.32. The third kappa shape index (κ3) is 3.69. The third-order valence-electron chi connectivity index (χ3n) is 3.46. The molecule has 86 valence electrons. The lowest BCUT2D eigenvalue weighted by atomic mass is 9.71. The Hall–Kier alpha value is -0.790. The number of hydrogen-bond donors (Lipinski definition) is 0. The van der Waals surface area contributed by atoms with Gasteiger partial charge in [0.25, 0.3) is 0 Å². The first-order valence-electron chi connectivity index (χ1n) is 5.85. The maximum Gasteiger partial charge on any atom is 0.330 e. The summed E-state index contributed by atoms with van der Waals surface area (Å²) in [4.78, 5) is 11.0. The SMILES string of the molecule is C=CC(=O)OCC(C)(C)C1CCCCC1. The normalized spacial score (nSPS) is 18.5. The lowest BCUT2D eigenvalue weighted by Crippen LogP contribution is -2.31. The van der Waals surface area contributed by atoms with Crippen molar-refractivity contribution in [2.24, 2.45) is 11.3 Å². The minimum atomic E-state index is -0.307. The van der Waals surface area contributed by atoms with Crippen LogP contribution in [0.15, 0.2) is 12.7 Å². The molecule has 0 aliphatic heterocycles. The zero-order valence-corrected chi connectivity index (χ0v) is 9.92. The van der Waals surface area contributed by atoms with Crippen LogP contribution in [0.4, 0.5) is 0 Å². The van der Waals surface area contributed by atoms with Crippen LogP contribution in [0, 0.1) is 11.3 Å². The number of rotatable bonds is 4. The molecule has 1 aliphatic rings. The Bertz CT molecular complexity index is 225. The van der Waals surface area contributed by atoms with Gasteiger partial charge in [0, 0.05) is 11.5 Å². The highest BCUT2D eigenvalue weighted by molar-refractivity contribution is 5.81. The maximum absolute atomic E-state index is 11.0. The molecule has 0 N–H and O–H groups in total. The molecule has 1 aliphatic carbocycles. The molecule has 0 atom stereocenters. The molecule has 0 aromatic heterocycles. The molecule has 2 heteroatoms. The van der Waals surface area contributed by atoms with Crippen LogP contribution in [0.3, 0.4) is 0 Å². The summed E-state index contributed by atoms with van der Waals surface area (Å²) >= 11 is 0. The van der Waals surface area contributed by atoms with Crippen molar-refractivity contribution < 1.29 is 9.53 Å². The molecule has 1 saturated carbocycles. The van der Waals surface area contributed by atoms with E-state index in [2.05, 4.69) is 20.4 Å². The van der Waals surface area contributed by atoms with E-state index in [4.69, 9.17) is 4.74 Å². The fourth-order valence-corrected chi connectivity index (χ4v) is 2.32. The van der Waals surface area contributed by atoms with Crippen molar-refractivity contribution in [2.45, 2.75) is 46.0 Å². The molecule has 0 saturated heterocycles. The summed E-state index contributed by atoms with van der Waals surface area (Å²) in [5.41, 5.74) is 0.110. The predicted molar refractivity (Wildman–Crippen MR) is 61.5 cm³/mol. The summed E-state index contributed by atoms with van der Waals surface area (Å²) in [6.45, 7) is 8.30. The van der Waals surface area contributed by atoms with Crippen LogP contribution >= 0.6 is 0 Å². The first-order chi connectivity index (χ1) is 7.06. The van der Waals surface area contributed by atoms with Gasteiger partial charge in [0.15, 0.2) is 0 Å². The summed E-state index contributed by atoms with van der Waals surface area (Å²) in [6.07, 6.45) is 7.79. The summed E-state index contributed by atoms with van der Waals surface area (Å²) in [5, 5.41) is 0. The van der Waals surface area contributed by atoms with Gasteiger partial charge in [-0.1, -0.05) is 39.7 Å². The highest BCUT2D eigenvalue weighted by Gasteiger charge is 2.31. The average Bonchev–Trinajstić information content (AvgIpc) is 2.27. The van der Waals surface area contributed by atoms with Gasteiger partial charge in [-0.2, -0.15) is 0 Å². The molecule has 1 fully saturated rings. The van der Waals surface area contributed by atoms with Gasteiger partial charge >= 0.3 is 5.97 Å². The standard InChI is InChI=1S/C13H22O2/c1-4-12(14)15-10-13(2,3)11-8-6-5-7-9-11/h4,11H,1,5-10H2,2-3H3. The van der Waals surface area contributed by atoms with E-state index in [1.165, 1.54) is 38.2 Å². The van der Waals surface area contributed by atoms with E-state index in [1.54, 1.807) is 0 Å². The zero-order chi connectivity index (χ0) is 11.3. The minimum Gasteiger partial charge on any atom is -0.462 e. The van der Waals surface area contributed by atoms with Crippen LogP contribution in [0.1, 0.15) is 46.0 Å². The van der Waals surface area contributed by atoms with Crippen molar-refractivity contribution in [3.63, 3.8) is 0 Å². The van der Waals surface area contributed by atoms with E-state index >= 15 is 0 Å². The van der Waals surface area contributed by atoms with E-state index in [-0.39, 0.29) is 11.4 Å². The van der Waals surface area contributed by atoms with Crippen molar-refractivity contribution in [1.82, 2.24) is 0 Å². The van der Waals surface area contributed by atoms with Gasteiger partial charge in [-0.15, -0.1) is 0 Å². The average molecular weight is 210 g/mol. The molecule has 0 spiro atoms. The summed E-state index contributed by atoms with van der Waals surface area (Å²) in [7, 11) is 0. The Labute approximate surface area is 92.7 Å². The van der Waals surface area contributed by atoms with Crippen molar-refractivity contribution in [3.05, 3.63) is 12.7 Å². The molecular weight excluding hydrogens is 188 g/mol. The summed E-state index contributed by atoms with van der Waals surface area (Å²) in [5.74, 6) is 0.391. The number of carbonyl (C=O) groups excluding carboxylic acids is 1. The Balaban J connectivity index is 2.41. The van der Waals surface area contributed by atoms with Crippen molar-refractivity contribution >= 4 is 5.97 Å². The molecule has 0 heterocycles. The molecule has 1 rings (SSSR count). The largest absolute Gasteiger partial charge is 0.462 e. The molecule has 0 radical (unpaired) electrons. The van der Waals surface area contributed by atoms with Crippen LogP contribution < -0.4 is 0 Å². The Morgan fingerprint density at radius 1 is 1.40 bits per heavy atom. The fraction of sp³-hybridized carbons (Fsp3) is 0.769. The lowest BCUT2D eigenvalue weighted by molar-refractivity contribution is -0.142. The third-order valence-corrected chi connectivity index (χ3v) is 3.46. The first kappa shape index (κ1) is 12.3. The monoisotopic (exact) mass is 210 g/mol. The number of carbonyl (C=O) groups is 1. The topological polar surface area (TPSA) is 26.3 Å². The Morgan fingerprint density at radius 3 is 2.53 bits per heavy atom. The second kappa shape index (κ2) is 5.34. The van der Waals surface area contributed by atoms with Gasteiger partial charge in [-0.3, -0.25) is 0 Å². The van der Waals surface area contributed by atoms with E-state index in [0.29, 0.717) is 12.5 Å². The molecule has 0 unspecified atom stereocenters. The van der Waals surface area contributed by atoms with Crippen molar-refractivity contribution in [2.75, 3.05) is 6.61 Å². The number of ether oxygens (including phenoxy) is 1. The number of hydrogen-bond acceptors (Lipinski definition) is 2. The van der Waals surface area contributed by atoms with Gasteiger partial charge in [-0.05, 0) is 18.8 Å².